The molecule has 0 atom stereocenters. The van der Waals surface area contributed by atoms with Crippen molar-refractivity contribution in [3.8, 4) is 6.07 Å². The van der Waals surface area contributed by atoms with Crippen molar-refractivity contribution in [1.29, 1.82) is 10.7 Å². The molecule has 104 valence electrons. The van der Waals surface area contributed by atoms with Gasteiger partial charge in [-0.15, -0.1) is 0 Å². The fraction of sp³-hybridized carbons (Fsp3) is 0.167. The number of hydrogen-bond acceptors (Lipinski definition) is 6. The molecule has 0 aliphatic carbocycles. The summed E-state index contributed by atoms with van der Waals surface area (Å²) >= 11 is 5.88. The standard InChI is InChI=1S/C12H12ClN5O2/c1-2-20-12(19)7-3-8(13)5-9(4-7)17-18-10(6-14)11(15)16/h3-5,17H,2H2,1H3,(H3,15,16)/b18-10+. The van der Waals surface area contributed by atoms with Crippen LogP contribution < -0.4 is 11.2 Å². The summed E-state index contributed by atoms with van der Waals surface area (Å²) in [5.74, 6) is -0.984. The minimum atomic E-state index is -0.519. The molecule has 1 aromatic rings. The van der Waals surface area contributed by atoms with Crippen LogP contribution in [0.15, 0.2) is 23.3 Å². The van der Waals surface area contributed by atoms with Gasteiger partial charge in [0.15, 0.2) is 5.84 Å². The van der Waals surface area contributed by atoms with Crippen LogP contribution >= 0.6 is 11.6 Å². The van der Waals surface area contributed by atoms with Crippen LogP contribution in [0.25, 0.3) is 0 Å². The number of carbonyl (C=O) groups is 1. The molecule has 0 fully saturated rings. The summed E-state index contributed by atoms with van der Waals surface area (Å²) in [5, 5.41) is 19.8. The van der Waals surface area contributed by atoms with Gasteiger partial charge in [-0.2, -0.15) is 10.4 Å². The number of halogens is 1. The van der Waals surface area contributed by atoms with Gasteiger partial charge in [-0.05, 0) is 25.1 Å². The van der Waals surface area contributed by atoms with Crippen LogP contribution in [0.2, 0.25) is 5.02 Å². The Balaban J connectivity index is 3.00. The molecule has 0 heterocycles. The van der Waals surface area contributed by atoms with Gasteiger partial charge in [-0.1, -0.05) is 11.6 Å². The smallest absolute Gasteiger partial charge is 0.338 e. The first-order chi connectivity index (χ1) is 9.47. The van der Waals surface area contributed by atoms with Crippen molar-refractivity contribution in [2.45, 2.75) is 6.92 Å². The number of nitrogens with zero attached hydrogens (tertiary/aromatic N) is 2. The second-order valence-corrected chi connectivity index (χ2v) is 3.98. The molecule has 0 saturated carbocycles. The van der Waals surface area contributed by atoms with E-state index in [2.05, 4.69) is 10.5 Å². The van der Waals surface area contributed by atoms with Gasteiger partial charge < -0.3 is 10.5 Å². The zero-order valence-corrected chi connectivity index (χ0v) is 11.4. The molecule has 4 N–H and O–H groups in total. The van der Waals surface area contributed by atoms with Gasteiger partial charge in [0.1, 0.15) is 6.07 Å². The van der Waals surface area contributed by atoms with E-state index in [0.29, 0.717) is 10.7 Å². The Morgan fingerprint density at radius 2 is 2.30 bits per heavy atom. The number of esters is 1. The number of benzene rings is 1. The lowest BCUT2D eigenvalue weighted by molar-refractivity contribution is 0.0526. The summed E-state index contributed by atoms with van der Waals surface area (Å²) in [5.41, 5.74) is 8.00. The first-order valence-corrected chi connectivity index (χ1v) is 5.91. The van der Waals surface area contributed by atoms with E-state index < -0.39 is 11.8 Å². The molecule has 0 radical (unpaired) electrons. The molecule has 0 saturated heterocycles. The highest BCUT2D eigenvalue weighted by Crippen LogP contribution is 2.20. The van der Waals surface area contributed by atoms with Gasteiger partial charge in [0.2, 0.25) is 5.71 Å². The zero-order chi connectivity index (χ0) is 15.1. The fourth-order valence-electron chi connectivity index (χ4n) is 1.25. The molecule has 0 bridgehead atoms. The number of anilines is 1. The first kappa shape index (κ1) is 15.5. The molecule has 1 rings (SSSR count). The minimum absolute atomic E-state index is 0.245. The molecule has 0 amide bonds. The van der Waals surface area contributed by atoms with E-state index >= 15 is 0 Å². The highest BCUT2D eigenvalue weighted by atomic mass is 35.5. The number of ether oxygens (including phenoxy) is 1. The summed E-state index contributed by atoms with van der Waals surface area (Å²) in [6, 6.07) is 6.07. The molecule has 7 nitrogen and oxygen atoms in total. The molecule has 0 aliphatic rings. The lowest BCUT2D eigenvalue weighted by Gasteiger charge is -2.06. The lowest BCUT2D eigenvalue weighted by Crippen LogP contribution is -2.21. The topological polar surface area (TPSA) is 124 Å². The molecule has 0 unspecified atom stereocenters. The van der Waals surface area contributed by atoms with E-state index in [0.717, 1.165) is 0 Å². The van der Waals surface area contributed by atoms with Gasteiger partial charge in [0.05, 0.1) is 17.9 Å². The van der Waals surface area contributed by atoms with Gasteiger partial charge in [-0.3, -0.25) is 10.8 Å². The normalized spacial score (nSPS) is 10.6. The summed E-state index contributed by atoms with van der Waals surface area (Å²) in [4.78, 5) is 11.6. The molecule has 20 heavy (non-hydrogen) atoms. The van der Waals surface area contributed by atoms with Crippen molar-refractivity contribution in [3.63, 3.8) is 0 Å². The Morgan fingerprint density at radius 3 is 2.85 bits per heavy atom. The monoisotopic (exact) mass is 293 g/mol. The summed E-state index contributed by atoms with van der Waals surface area (Å²) in [6.07, 6.45) is 0. The van der Waals surface area contributed by atoms with Gasteiger partial charge >= 0.3 is 5.97 Å². The Labute approximate surface area is 120 Å². The number of rotatable bonds is 5. The summed E-state index contributed by atoms with van der Waals surface area (Å²) in [7, 11) is 0. The number of carbonyl (C=O) groups excluding carboxylic acids is 1. The van der Waals surface area contributed by atoms with Crippen LogP contribution in [0.4, 0.5) is 5.69 Å². The highest BCUT2D eigenvalue weighted by Gasteiger charge is 2.09. The Bertz CT molecular complexity index is 606. The van der Waals surface area contributed by atoms with E-state index in [1.165, 1.54) is 18.2 Å². The molecule has 0 aliphatic heterocycles. The van der Waals surface area contributed by atoms with E-state index in [4.69, 9.17) is 32.7 Å². The van der Waals surface area contributed by atoms with E-state index in [1.807, 2.05) is 0 Å². The van der Waals surface area contributed by atoms with Gasteiger partial charge in [0, 0.05) is 5.02 Å². The number of nitrogens with one attached hydrogen (secondary N) is 2. The van der Waals surface area contributed by atoms with Gasteiger partial charge in [0.25, 0.3) is 0 Å². The van der Waals surface area contributed by atoms with E-state index in [-0.39, 0.29) is 17.9 Å². The van der Waals surface area contributed by atoms with Crippen LogP contribution in [0.3, 0.4) is 0 Å². The Hall–Kier alpha value is -2.59. The summed E-state index contributed by atoms with van der Waals surface area (Å²) < 4.78 is 4.86. The maximum atomic E-state index is 11.6. The second-order valence-electron chi connectivity index (χ2n) is 3.55. The van der Waals surface area contributed by atoms with Crippen molar-refractivity contribution < 1.29 is 9.53 Å². The molecular weight excluding hydrogens is 282 g/mol. The first-order valence-electron chi connectivity index (χ1n) is 5.53. The predicted octanol–water partition coefficient (Wildman–Crippen LogP) is 1.74. The summed E-state index contributed by atoms with van der Waals surface area (Å²) in [6.45, 7) is 1.94. The number of nitrogens with two attached hydrogens (primary N) is 1. The Morgan fingerprint density at radius 1 is 1.60 bits per heavy atom. The van der Waals surface area contributed by atoms with Crippen molar-refractivity contribution in [2.24, 2.45) is 10.8 Å². The van der Waals surface area contributed by atoms with Crippen molar-refractivity contribution >= 4 is 34.8 Å². The largest absolute Gasteiger partial charge is 0.462 e. The number of hydrogen-bond donors (Lipinski definition) is 3. The number of nitriles is 1. The van der Waals surface area contributed by atoms with Crippen LogP contribution in [0, 0.1) is 16.7 Å². The van der Waals surface area contributed by atoms with Crippen LogP contribution in [-0.4, -0.2) is 24.1 Å². The van der Waals surface area contributed by atoms with E-state index in [9.17, 15) is 4.79 Å². The predicted molar refractivity (Wildman–Crippen MR) is 76.0 cm³/mol. The molecular formula is C12H12ClN5O2. The number of hydrazone groups is 1. The average Bonchev–Trinajstić information content (AvgIpc) is 2.38. The zero-order valence-electron chi connectivity index (χ0n) is 10.6. The number of amidine groups is 1. The molecule has 0 aromatic heterocycles. The molecule has 8 heteroatoms. The fourth-order valence-corrected chi connectivity index (χ4v) is 1.49. The SMILES string of the molecule is CCOC(=O)c1cc(Cl)cc(N/N=C(\C#N)C(=N)N)c1. The quantitative estimate of drug-likeness (QED) is 0.330. The average molecular weight is 294 g/mol. The van der Waals surface area contributed by atoms with E-state index in [1.54, 1.807) is 13.0 Å². The maximum absolute atomic E-state index is 11.6. The van der Waals surface area contributed by atoms with Crippen molar-refractivity contribution in [1.82, 2.24) is 0 Å². The minimum Gasteiger partial charge on any atom is -0.462 e. The van der Waals surface area contributed by atoms with Crippen molar-refractivity contribution in [2.75, 3.05) is 12.0 Å². The highest BCUT2D eigenvalue weighted by molar-refractivity contribution is 6.45. The van der Waals surface area contributed by atoms with Crippen LogP contribution in [0.1, 0.15) is 17.3 Å². The third-order valence-electron chi connectivity index (χ3n) is 2.07. The lowest BCUT2D eigenvalue weighted by atomic mass is 10.2. The molecule has 1 aromatic carbocycles. The second kappa shape index (κ2) is 7.11. The maximum Gasteiger partial charge on any atom is 0.338 e. The third-order valence-corrected chi connectivity index (χ3v) is 2.28. The third kappa shape index (κ3) is 4.26. The van der Waals surface area contributed by atoms with Gasteiger partial charge in [-0.25, -0.2) is 4.79 Å². The molecule has 0 spiro atoms. The van der Waals surface area contributed by atoms with Crippen LogP contribution in [-0.2, 0) is 4.74 Å². The Kier molecular flexibility index (Phi) is 5.50. The van der Waals surface area contributed by atoms with Crippen LogP contribution in [0.5, 0.6) is 0 Å². The van der Waals surface area contributed by atoms with Crippen molar-refractivity contribution in [3.05, 3.63) is 28.8 Å².